The maximum absolute atomic E-state index is 13.4. The van der Waals surface area contributed by atoms with Crippen LogP contribution < -0.4 is 9.62 Å². The molecule has 1 amide bonds. The molecule has 9 heteroatoms. The number of rotatable bonds is 7. The molecular weight excluding hydrogens is 430 g/mol. The summed E-state index contributed by atoms with van der Waals surface area (Å²) in [7, 11) is -3.70. The molecule has 0 spiro atoms. The van der Waals surface area contributed by atoms with Gasteiger partial charge in [-0.2, -0.15) is 0 Å². The van der Waals surface area contributed by atoms with E-state index in [1.807, 2.05) is 0 Å². The molecule has 5 nitrogen and oxygen atoms in total. The summed E-state index contributed by atoms with van der Waals surface area (Å²) in [5, 5.41) is 2.70. The standard InChI is InChI=1S/C17H17BrF2N2O3S/c1-26(24,25)22(14-8-9-15(19)16(20)11-14)10-2-3-17(23)21-13-6-4-12(18)5-7-13/h4-9,11H,2-3,10H2,1H3,(H,21,23). The molecule has 2 aromatic carbocycles. The number of carbonyl (C=O) groups is 1. The van der Waals surface area contributed by atoms with Crippen LogP contribution in [0.2, 0.25) is 0 Å². The van der Waals surface area contributed by atoms with Crippen LogP contribution in [0.25, 0.3) is 0 Å². The molecule has 1 N–H and O–H groups in total. The summed E-state index contributed by atoms with van der Waals surface area (Å²) in [6.45, 7) is -0.0301. The largest absolute Gasteiger partial charge is 0.326 e. The van der Waals surface area contributed by atoms with Gasteiger partial charge < -0.3 is 5.32 Å². The third-order valence-electron chi connectivity index (χ3n) is 3.48. The molecule has 2 aromatic rings. The van der Waals surface area contributed by atoms with E-state index in [4.69, 9.17) is 0 Å². The van der Waals surface area contributed by atoms with Crippen LogP contribution in [-0.4, -0.2) is 27.1 Å². The Morgan fingerprint density at radius 3 is 2.35 bits per heavy atom. The highest BCUT2D eigenvalue weighted by Gasteiger charge is 2.19. The molecule has 140 valence electrons. The second-order valence-corrected chi connectivity index (χ2v) is 8.41. The third-order valence-corrected chi connectivity index (χ3v) is 5.21. The van der Waals surface area contributed by atoms with Crippen molar-refractivity contribution in [1.29, 1.82) is 0 Å². The van der Waals surface area contributed by atoms with Crippen LogP contribution in [0.4, 0.5) is 20.2 Å². The van der Waals surface area contributed by atoms with Gasteiger partial charge in [0.15, 0.2) is 11.6 Å². The van der Waals surface area contributed by atoms with E-state index in [1.165, 1.54) is 6.07 Å². The Kier molecular flexibility index (Phi) is 6.71. The summed E-state index contributed by atoms with van der Waals surface area (Å²) >= 11 is 3.29. The van der Waals surface area contributed by atoms with Crippen LogP contribution in [0, 0.1) is 11.6 Å². The highest BCUT2D eigenvalue weighted by molar-refractivity contribution is 9.10. The van der Waals surface area contributed by atoms with Crippen molar-refractivity contribution < 1.29 is 22.0 Å². The van der Waals surface area contributed by atoms with Crippen LogP contribution in [0.3, 0.4) is 0 Å². The Balaban J connectivity index is 1.98. The minimum atomic E-state index is -3.70. The number of hydrogen-bond acceptors (Lipinski definition) is 3. The van der Waals surface area contributed by atoms with E-state index >= 15 is 0 Å². The number of nitrogens with zero attached hydrogens (tertiary/aromatic N) is 1. The molecule has 0 atom stereocenters. The van der Waals surface area contributed by atoms with Gasteiger partial charge in [0, 0.05) is 29.2 Å². The predicted molar refractivity (Wildman–Crippen MR) is 101 cm³/mol. The summed E-state index contributed by atoms with van der Waals surface area (Å²) < 4.78 is 52.1. The van der Waals surface area contributed by atoms with Gasteiger partial charge in [-0.25, -0.2) is 17.2 Å². The van der Waals surface area contributed by atoms with Gasteiger partial charge in [0.2, 0.25) is 15.9 Å². The van der Waals surface area contributed by atoms with E-state index in [-0.39, 0.29) is 31.0 Å². The van der Waals surface area contributed by atoms with Gasteiger partial charge in [-0.1, -0.05) is 15.9 Å². The second-order valence-electron chi connectivity index (χ2n) is 5.59. The molecule has 0 saturated heterocycles. The van der Waals surface area contributed by atoms with Crippen molar-refractivity contribution in [3.8, 4) is 0 Å². The summed E-state index contributed by atoms with van der Waals surface area (Å²) in [6.07, 6.45) is 1.26. The first kappa shape index (κ1) is 20.3. The van der Waals surface area contributed by atoms with E-state index in [0.717, 1.165) is 27.2 Å². The lowest BCUT2D eigenvalue weighted by molar-refractivity contribution is -0.116. The Morgan fingerprint density at radius 1 is 1.12 bits per heavy atom. The minimum absolute atomic E-state index is 0.0136. The van der Waals surface area contributed by atoms with E-state index in [2.05, 4.69) is 21.2 Å². The van der Waals surface area contributed by atoms with Crippen molar-refractivity contribution in [3.05, 3.63) is 58.6 Å². The molecule has 0 unspecified atom stereocenters. The van der Waals surface area contributed by atoms with E-state index in [0.29, 0.717) is 5.69 Å². The van der Waals surface area contributed by atoms with Gasteiger partial charge in [0.05, 0.1) is 11.9 Å². The molecule has 26 heavy (non-hydrogen) atoms. The molecule has 0 radical (unpaired) electrons. The molecule has 0 aliphatic rings. The number of benzene rings is 2. The monoisotopic (exact) mass is 446 g/mol. The maximum Gasteiger partial charge on any atom is 0.232 e. The second kappa shape index (κ2) is 8.59. The Bertz CT molecular complexity index is 889. The lowest BCUT2D eigenvalue weighted by atomic mass is 10.2. The molecular formula is C17H17BrF2N2O3S. The van der Waals surface area contributed by atoms with Crippen molar-refractivity contribution >= 4 is 43.2 Å². The maximum atomic E-state index is 13.4. The predicted octanol–water partition coefficient (Wildman–Crippen LogP) is 3.91. The quantitative estimate of drug-likeness (QED) is 0.700. The van der Waals surface area contributed by atoms with Crippen LogP contribution >= 0.6 is 15.9 Å². The molecule has 0 aromatic heterocycles. The molecule has 2 rings (SSSR count). The summed E-state index contributed by atoms with van der Waals surface area (Å²) in [4.78, 5) is 12.0. The molecule has 0 aliphatic carbocycles. The van der Waals surface area contributed by atoms with Crippen molar-refractivity contribution in [2.45, 2.75) is 12.8 Å². The fraction of sp³-hybridized carbons (Fsp3) is 0.235. The Labute approximate surface area is 159 Å². The Morgan fingerprint density at radius 2 is 1.77 bits per heavy atom. The number of halogens is 3. The van der Waals surface area contributed by atoms with Gasteiger partial charge >= 0.3 is 0 Å². The first-order chi connectivity index (χ1) is 12.2. The highest BCUT2D eigenvalue weighted by atomic mass is 79.9. The van der Waals surface area contributed by atoms with Crippen molar-refractivity contribution in [2.75, 3.05) is 22.4 Å². The average Bonchev–Trinajstić information content (AvgIpc) is 2.55. The first-order valence-corrected chi connectivity index (χ1v) is 10.3. The number of amides is 1. The minimum Gasteiger partial charge on any atom is -0.326 e. The fourth-order valence-electron chi connectivity index (χ4n) is 2.27. The summed E-state index contributed by atoms with van der Waals surface area (Å²) in [5.41, 5.74) is 0.637. The van der Waals surface area contributed by atoms with Crippen molar-refractivity contribution in [2.24, 2.45) is 0 Å². The first-order valence-electron chi connectivity index (χ1n) is 7.65. The number of carbonyl (C=O) groups excluding carboxylic acids is 1. The van der Waals surface area contributed by atoms with Gasteiger partial charge in [0.25, 0.3) is 0 Å². The zero-order valence-electron chi connectivity index (χ0n) is 13.9. The van der Waals surface area contributed by atoms with Crippen LogP contribution in [0.15, 0.2) is 46.9 Å². The van der Waals surface area contributed by atoms with E-state index in [9.17, 15) is 22.0 Å². The zero-order chi connectivity index (χ0) is 19.3. The smallest absolute Gasteiger partial charge is 0.232 e. The number of sulfonamides is 1. The van der Waals surface area contributed by atoms with Gasteiger partial charge in [-0.05, 0) is 42.8 Å². The van der Waals surface area contributed by atoms with Crippen LogP contribution in [0.1, 0.15) is 12.8 Å². The van der Waals surface area contributed by atoms with Crippen LogP contribution in [0.5, 0.6) is 0 Å². The van der Waals surface area contributed by atoms with Gasteiger partial charge in [0.1, 0.15) is 0 Å². The van der Waals surface area contributed by atoms with Crippen molar-refractivity contribution in [1.82, 2.24) is 0 Å². The third kappa shape index (κ3) is 5.77. The molecule has 0 bridgehead atoms. The molecule has 0 heterocycles. The number of hydrogen-bond donors (Lipinski definition) is 1. The van der Waals surface area contributed by atoms with Gasteiger partial charge in [-0.15, -0.1) is 0 Å². The highest BCUT2D eigenvalue weighted by Crippen LogP contribution is 2.21. The molecule has 0 saturated carbocycles. The number of nitrogens with one attached hydrogen (secondary N) is 1. The summed E-state index contributed by atoms with van der Waals surface area (Å²) in [5.74, 6) is -2.47. The Hall–Kier alpha value is -2.00. The summed E-state index contributed by atoms with van der Waals surface area (Å²) in [6, 6.07) is 9.88. The van der Waals surface area contributed by atoms with Crippen LogP contribution in [-0.2, 0) is 14.8 Å². The number of anilines is 2. The molecule has 0 aliphatic heterocycles. The molecule has 0 fully saturated rings. The fourth-order valence-corrected chi connectivity index (χ4v) is 3.49. The lowest BCUT2D eigenvalue weighted by Crippen LogP contribution is -2.31. The van der Waals surface area contributed by atoms with Crippen molar-refractivity contribution in [3.63, 3.8) is 0 Å². The van der Waals surface area contributed by atoms with E-state index < -0.39 is 21.7 Å². The lowest BCUT2D eigenvalue weighted by Gasteiger charge is -2.22. The normalized spacial score (nSPS) is 11.2. The van der Waals surface area contributed by atoms with E-state index in [1.54, 1.807) is 24.3 Å². The zero-order valence-corrected chi connectivity index (χ0v) is 16.3. The topological polar surface area (TPSA) is 66.5 Å². The average molecular weight is 447 g/mol. The van der Waals surface area contributed by atoms with Gasteiger partial charge in [-0.3, -0.25) is 9.10 Å². The SMILES string of the molecule is CS(=O)(=O)N(CCCC(=O)Nc1ccc(Br)cc1)c1ccc(F)c(F)c1.